The van der Waals surface area contributed by atoms with Gasteiger partial charge < -0.3 is 10.6 Å². The van der Waals surface area contributed by atoms with Gasteiger partial charge in [0.1, 0.15) is 0 Å². The molecule has 17 heavy (non-hydrogen) atoms. The number of rotatable bonds is 5. The summed E-state index contributed by atoms with van der Waals surface area (Å²) in [6.45, 7) is 8.45. The Balaban J connectivity index is 1.51. The van der Waals surface area contributed by atoms with E-state index in [1.54, 1.807) is 0 Å². The lowest BCUT2D eigenvalue weighted by Crippen LogP contribution is -2.32. The molecular weight excluding hydrogens is 228 g/mol. The highest BCUT2D eigenvalue weighted by Crippen LogP contribution is 2.36. The zero-order valence-corrected chi connectivity index (χ0v) is 12.2. The van der Waals surface area contributed by atoms with Crippen molar-refractivity contribution in [2.45, 2.75) is 57.2 Å². The maximum absolute atomic E-state index is 3.74. The SMILES string of the molecule is CC1(C)CCC(NCCSC2CCNCC2)C1. The van der Waals surface area contributed by atoms with E-state index in [0.29, 0.717) is 5.41 Å². The third-order valence-corrected chi connectivity index (χ3v) is 5.53. The summed E-state index contributed by atoms with van der Waals surface area (Å²) in [5.41, 5.74) is 0.583. The van der Waals surface area contributed by atoms with Crippen LogP contribution in [-0.4, -0.2) is 36.7 Å². The van der Waals surface area contributed by atoms with Crippen LogP contribution in [0, 0.1) is 5.41 Å². The first kappa shape index (κ1) is 13.7. The molecular formula is C14H28N2S. The fourth-order valence-corrected chi connectivity index (χ4v) is 4.20. The highest BCUT2D eigenvalue weighted by Gasteiger charge is 2.30. The van der Waals surface area contributed by atoms with Gasteiger partial charge in [0.05, 0.1) is 0 Å². The highest BCUT2D eigenvalue weighted by atomic mass is 32.2. The average molecular weight is 256 g/mol. The van der Waals surface area contributed by atoms with Gasteiger partial charge in [-0.25, -0.2) is 0 Å². The van der Waals surface area contributed by atoms with E-state index in [4.69, 9.17) is 0 Å². The summed E-state index contributed by atoms with van der Waals surface area (Å²) in [4.78, 5) is 0. The van der Waals surface area contributed by atoms with E-state index in [0.717, 1.165) is 11.3 Å². The van der Waals surface area contributed by atoms with Crippen LogP contribution < -0.4 is 10.6 Å². The normalized spacial score (nSPS) is 29.6. The van der Waals surface area contributed by atoms with Gasteiger partial charge in [0, 0.05) is 23.6 Å². The Labute approximate surface area is 111 Å². The van der Waals surface area contributed by atoms with Gasteiger partial charge in [-0.2, -0.15) is 11.8 Å². The quantitative estimate of drug-likeness (QED) is 0.740. The first-order chi connectivity index (χ1) is 8.16. The van der Waals surface area contributed by atoms with Gasteiger partial charge in [-0.15, -0.1) is 0 Å². The summed E-state index contributed by atoms with van der Waals surface area (Å²) in [6.07, 6.45) is 6.87. The largest absolute Gasteiger partial charge is 0.317 e. The van der Waals surface area contributed by atoms with Crippen LogP contribution in [0.4, 0.5) is 0 Å². The Kier molecular flexibility index (Phi) is 5.19. The number of hydrogen-bond donors (Lipinski definition) is 2. The molecule has 2 N–H and O–H groups in total. The van der Waals surface area contributed by atoms with Crippen LogP contribution in [-0.2, 0) is 0 Å². The molecule has 2 rings (SSSR count). The van der Waals surface area contributed by atoms with Crippen molar-refractivity contribution in [2.75, 3.05) is 25.4 Å². The molecule has 1 unspecified atom stereocenters. The van der Waals surface area contributed by atoms with E-state index in [1.807, 2.05) is 0 Å². The van der Waals surface area contributed by atoms with Gasteiger partial charge >= 0.3 is 0 Å². The standard InChI is InChI=1S/C14H28N2S/c1-14(2)6-3-12(11-14)16-9-10-17-13-4-7-15-8-5-13/h12-13,15-16H,3-11H2,1-2H3. The maximum Gasteiger partial charge on any atom is 0.00726 e. The summed E-state index contributed by atoms with van der Waals surface area (Å²) >= 11 is 2.18. The molecule has 0 bridgehead atoms. The molecule has 1 aliphatic carbocycles. The second-order valence-corrected chi connectivity index (χ2v) is 7.79. The van der Waals surface area contributed by atoms with Crippen molar-refractivity contribution in [3.8, 4) is 0 Å². The van der Waals surface area contributed by atoms with Gasteiger partial charge in [0.2, 0.25) is 0 Å². The molecule has 0 spiro atoms. The molecule has 2 nitrogen and oxygen atoms in total. The molecule has 0 aromatic rings. The zero-order valence-electron chi connectivity index (χ0n) is 11.4. The fraction of sp³-hybridized carbons (Fsp3) is 1.00. The Morgan fingerprint density at radius 1 is 1.24 bits per heavy atom. The van der Waals surface area contributed by atoms with Crippen molar-refractivity contribution < 1.29 is 0 Å². The molecule has 0 amide bonds. The summed E-state index contributed by atoms with van der Waals surface area (Å²) in [5, 5.41) is 8.09. The molecule has 0 aromatic carbocycles. The van der Waals surface area contributed by atoms with Gasteiger partial charge in [-0.05, 0) is 50.6 Å². The molecule has 1 aliphatic heterocycles. The van der Waals surface area contributed by atoms with Crippen molar-refractivity contribution >= 4 is 11.8 Å². The van der Waals surface area contributed by atoms with Crippen LogP contribution in [0.5, 0.6) is 0 Å². The van der Waals surface area contributed by atoms with Gasteiger partial charge in [-0.1, -0.05) is 13.8 Å². The topological polar surface area (TPSA) is 24.1 Å². The van der Waals surface area contributed by atoms with E-state index < -0.39 is 0 Å². The van der Waals surface area contributed by atoms with E-state index >= 15 is 0 Å². The van der Waals surface area contributed by atoms with E-state index in [9.17, 15) is 0 Å². The Morgan fingerprint density at radius 3 is 2.65 bits per heavy atom. The lowest BCUT2D eigenvalue weighted by Gasteiger charge is -2.22. The van der Waals surface area contributed by atoms with Gasteiger partial charge in [0.15, 0.2) is 0 Å². The smallest absolute Gasteiger partial charge is 0.00726 e. The minimum Gasteiger partial charge on any atom is -0.317 e. The van der Waals surface area contributed by atoms with Crippen LogP contribution >= 0.6 is 11.8 Å². The predicted octanol–water partition coefficient (Wildman–Crippen LogP) is 2.64. The monoisotopic (exact) mass is 256 g/mol. The lowest BCUT2D eigenvalue weighted by atomic mass is 9.92. The Bertz CT molecular complexity index is 224. The first-order valence-corrected chi connectivity index (χ1v) is 8.26. The van der Waals surface area contributed by atoms with Crippen LogP contribution in [0.1, 0.15) is 46.0 Å². The van der Waals surface area contributed by atoms with Crippen molar-refractivity contribution in [1.82, 2.24) is 10.6 Å². The Morgan fingerprint density at radius 2 is 2.00 bits per heavy atom. The lowest BCUT2D eigenvalue weighted by molar-refractivity contribution is 0.366. The predicted molar refractivity (Wildman–Crippen MR) is 77.8 cm³/mol. The number of thioether (sulfide) groups is 1. The van der Waals surface area contributed by atoms with Crippen LogP contribution in [0.2, 0.25) is 0 Å². The first-order valence-electron chi connectivity index (χ1n) is 7.21. The third-order valence-electron chi connectivity index (χ3n) is 4.14. The summed E-state index contributed by atoms with van der Waals surface area (Å²) in [5.74, 6) is 1.29. The molecule has 100 valence electrons. The minimum absolute atomic E-state index is 0.583. The molecule has 3 heteroatoms. The number of hydrogen-bond acceptors (Lipinski definition) is 3. The van der Waals surface area contributed by atoms with Crippen molar-refractivity contribution in [1.29, 1.82) is 0 Å². The van der Waals surface area contributed by atoms with Crippen molar-refractivity contribution in [3.63, 3.8) is 0 Å². The Hall–Kier alpha value is 0.270. The minimum atomic E-state index is 0.583. The second kappa shape index (κ2) is 6.44. The van der Waals surface area contributed by atoms with E-state index in [-0.39, 0.29) is 0 Å². The second-order valence-electron chi connectivity index (χ2n) is 6.38. The molecule has 0 aromatic heterocycles. The molecule has 1 heterocycles. The average Bonchev–Trinajstić information content (AvgIpc) is 2.66. The summed E-state index contributed by atoms with van der Waals surface area (Å²) < 4.78 is 0. The molecule has 1 saturated heterocycles. The van der Waals surface area contributed by atoms with E-state index in [1.165, 1.54) is 57.5 Å². The van der Waals surface area contributed by atoms with Crippen LogP contribution in [0.3, 0.4) is 0 Å². The zero-order chi connectivity index (χ0) is 12.1. The van der Waals surface area contributed by atoms with E-state index in [2.05, 4.69) is 36.2 Å². The number of piperidine rings is 1. The third kappa shape index (κ3) is 4.80. The van der Waals surface area contributed by atoms with Gasteiger partial charge in [-0.3, -0.25) is 0 Å². The maximum atomic E-state index is 3.74. The molecule has 0 radical (unpaired) electrons. The van der Waals surface area contributed by atoms with Gasteiger partial charge in [0.25, 0.3) is 0 Å². The molecule has 1 saturated carbocycles. The summed E-state index contributed by atoms with van der Waals surface area (Å²) in [7, 11) is 0. The summed E-state index contributed by atoms with van der Waals surface area (Å²) in [6, 6.07) is 0.790. The molecule has 2 aliphatic rings. The number of nitrogens with one attached hydrogen (secondary N) is 2. The molecule has 2 fully saturated rings. The van der Waals surface area contributed by atoms with Crippen LogP contribution in [0.25, 0.3) is 0 Å². The van der Waals surface area contributed by atoms with Crippen molar-refractivity contribution in [2.24, 2.45) is 5.41 Å². The highest BCUT2D eigenvalue weighted by molar-refractivity contribution is 7.99. The van der Waals surface area contributed by atoms with Crippen LogP contribution in [0.15, 0.2) is 0 Å². The molecule has 1 atom stereocenters. The fourth-order valence-electron chi connectivity index (χ4n) is 3.06. The van der Waals surface area contributed by atoms with Crippen molar-refractivity contribution in [3.05, 3.63) is 0 Å².